The van der Waals surface area contributed by atoms with E-state index in [1.165, 1.54) is 5.56 Å². The Kier molecular flexibility index (Phi) is 3.56. The molecule has 0 aliphatic carbocycles. The third-order valence-corrected chi connectivity index (χ3v) is 3.70. The van der Waals surface area contributed by atoms with E-state index in [-0.39, 0.29) is 0 Å². The monoisotopic (exact) mass is 282 g/mol. The fourth-order valence-corrected chi connectivity index (χ4v) is 2.64. The van der Waals surface area contributed by atoms with Crippen LogP contribution in [0.25, 0.3) is 22.3 Å². The highest BCUT2D eigenvalue weighted by Gasteiger charge is 2.23. The molecule has 0 fully saturated rings. The van der Waals surface area contributed by atoms with Gasteiger partial charge in [0, 0.05) is 18.8 Å². The molecule has 108 valence electrons. The second kappa shape index (κ2) is 5.52. The van der Waals surface area contributed by atoms with E-state index in [0.29, 0.717) is 5.82 Å². The predicted molar refractivity (Wildman–Crippen MR) is 83.6 cm³/mol. The van der Waals surface area contributed by atoms with E-state index in [1.807, 2.05) is 24.4 Å². The minimum atomic E-state index is 0.533. The molecule has 0 aromatic carbocycles. The third kappa shape index (κ3) is 2.46. The van der Waals surface area contributed by atoms with Crippen LogP contribution in [-0.2, 0) is 6.54 Å². The molecular weight excluding hydrogens is 262 g/mol. The lowest BCUT2D eigenvalue weighted by Crippen LogP contribution is -2.37. The number of H-pyrrole nitrogens is 1. The number of nitrogen functional groups attached to an aromatic ring is 1. The Hall–Kier alpha value is -2.43. The van der Waals surface area contributed by atoms with Gasteiger partial charge in [0.1, 0.15) is 11.2 Å². The van der Waals surface area contributed by atoms with Crippen LogP contribution in [0.2, 0.25) is 0 Å². The zero-order chi connectivity index (χ0) is 14.8. The number of pyridine rings is 2. The van der Waals surface area contributed by atoms with Gasteiger partial charge >= 0.3 is 0 Å². The summed E-state index contributed by atoms with van der Waals surface area (Å²) < 4.78 is 2.17. The second-order valence-electron chi connectivity index (χ2n) is 5.29. The topological polar surface area (TPSA) is 71.5 Å². The Morgan fingerprint density at radius 3 is 2.81 bits per heavy atom. The first-order valence-corrected chi connectivity index (χ1v) is 7.29. The molecule has 0 saturated carbocycles. The van der Waals surface area contributed by atoms with Crippen molar-refractivity contribution >= 4 is 16.9 Å². The molecule has 5 nitrogen and oxygen atoms in total. The molecular formula is C16H20N5+. The van der Waals surface area contributed by atoms with Crippen molar-refractivity contribution in [2.45, 2.75) is 33.2 Å². The van der Waals surface area contributed by atoms with Crippen LogP contribution in [0, 0.1) is 6.92 Å². The summed E-state index contributed by atoms with van der Waals surface area (Å²) in [6.07, 6.45) is 5.85. The van der Waals surface area contributed by atoms with Crippen molar-refractivity contribution in [1.82, 2.24) is 15.1 Å². The Labute approximate surface area is 123 Å². The molecule has 3 N–H and O–H groups in total. The first kappa shape index (κ1) is 13.5. The zero-order valence-corrected chi connectivity index (χ0v) is 12.4. The van der Waals surface area contributed by atoms with E-state index in [0.717, 1.165) is 41.7 Å². The molecule has 3 rings (SSSR count). The number of aromatic nitrogens is 4. The van der Waals surface area contributed by atoms with E-state index >= 15 is 0 Å². The molecule has 0 atom stereocenters. The van der Waals surface area contributed by atoms with Crippen molar-refractivity contribution in [3.05, 3.63) is 36.2 Å². The standard InChI is InChI=1S/C16H19N5/c1-3-4-9-21-15(12-6-8-18-13(17)10-12)14-11(2)5-7-19-16(14)20-21/h5-8,10H,3-4,9H2,1-2H3,(H2,17,18)/p+1. The minimum absolute atomic E-state index is 0.533. The highest BCUT2D eigenvalue weighted by molar-refractivity contribution is 5.91. The average Bonchev–Trinajstić information content (AvgIpc) is 2.85. The number of fused-ring (bicyclic) bond motifs is 1. The maximum atomic E-state index is 5.85. The van der Waals surface area contributed by atoms with Gasteiger partial charge in [0.2, 0.25) is 5.69 Å². The van der Waals surface area contributed by atoms with E-state index < -0.39 is 0 Å². The van der Waals surface area contributed by atoms with Crippen LogP contribution in [0.15, 0.2) is 30.6 Å². The van der Waals surface area contributed by atoms with E-state index in [1.54, 1.807) is 6.20 Å². The summed E-state index contributed by atoms with van der Waals surface area (Å²) >= 11 is 0. The van der Waals surface area contributed by atoms with Crippen LogP contribution in [-0.4, -0.2) is 15.1 Å². The number of anilines is 1. The van der Waals surface area contributed by atoms with Crippen molar-refractivity contribution < 1.29 is 4.68 Å². The van der Waals surface area contributed by atoms with Gasteiger partial charge in [-0.05, 0) is 30.7 Å². The number of nitrogens with zero attached hydrogens (tertiary/aromatic N) is 3. The average molecular weight is 282 g/mol. The number of rotatable bonds is 4. The number of hydrogen-bond acceptors (Lipinski definition) is 3. The van der Waals surface area contributed by atoms with Gasteiger partial charge in [-0.2, -0.15) is 0 Å². The third-order valence-electron chi connectivity index (χ3n) is 3.70. The summed E-state index contributed by atoms with van der Waals surface area (Å²) in [6, 6.07) is 5.94. The van der Waals surface area contributed by atoms with E-state index in [2.05, 4.69) is 33.6 Å². The second-order valence-corrected chi connectivity index (χ2v) is 5.29. The highest BCUT2D eigenvalue weighted by atomic mass is 15.3. The van der Waals surface area contributed by atoms with Crippen LogP contribution in [0.1, 0.15) is 25.3 Å². The molecule has 0 amide bonds. The quantitative estimate of drug-likeness (QED) is 0.722. The Morgan fingerprint density at radius 1 is 1.24 bits per heavy atom. The van der Waals surface area contributed by atoms with Crippen LogP contribution < -0.4 is 10.4 Å². The summed E-state index contributed by atoms with van der Waals surface area (Å²) in [5, 5.41) is 4.55. The van der Waals surface area contributed by atoms with Gasteiger partial charge in [-0.25, -0.2) is 9.97 Å². The van der Waals surface area contributed by atoms with Gasteiger partial charge in [-0.15, -0.1) is 9.78 Å². The van der Waals surface area contributed by atoms with Gasteiger partial charge in [-0.1, -0.05) is 13.3 Å². The lowest BCUT2D eigenvalue weighted by molar-refractivity contribution is -0.738. The Balaban J connectivity index is 2.26. The molecule has 0 aliphatic rings. The number of nitrogens with one attached hydrogen (secondary N) is 1. The van der Waals surface area contributed by atoms with E-state index in [9.17, 15) is 0 Å². The maximum Gasteiger partial charge on any atom is 0.248 e. The van der Waals surface area contributed by atoms with Crippen LogP contribution in [0.5, 0.6) is 0 Å². The number of unbranched alkanes of at least 4 members (excludes halogenated alkanes) is 1. The molecule has 0 radical (unpaired) electrons. The van der Waals surface area contributed by atoms with Gasteiger partial charge in [0.05, 0.1) is 5.56 Å². The highest BCUT2D eigenvalue weighted by Crippen LogP contribution is 2.27. The normalized spacial score (nSPS) is 11.1. The molecule has 3 aromatic rings. The zero-order valence-electron chi connectivity index (χ0n) is 12.4. The number of aryl methyl sites for hydroxylation is 2. The van der Waals surface area contributed by atoms with Crippen molar-refractivity contribution in [2.75, 3.05) is 5.73 Å². The summed E-state index contributed by atoms with van der Waals surface area (Å²) in [5.74, 6) is 0.533. The molecule has 0 unspecified atom stereocenters. The predicted octanol–water partition coefficient (Wildman–Crippen LogP) is 2.60. The molecule has 3 aromatic heterocycles. The fraction of sp³-hybridized carbons (Fsp3) is 0.312. The van der Waals surface area contributed by atoms with E-state index in [4.69, 9.17) is 5.73 Å². The van der Waals surface area contributed by atoms with Crippen molar-refractivity contribution in [1.29, 1.82) is 0 Å². The SMILES string of the molecule is CCCC[n+]1[nH]c2nccc(C)c2c1-c1ccnc(N)c1. The molecule has 0 spiro atoms. The molecule has 0 aliphatic heterocycles. The van der Waals surface area contributed by atoms with Gasteiger partial charge < -0.3 is 5.73 Å². The Bertz CT molecular complexity index is 775. The summed E-state index contributed by atoms with van der Waals surface area (Å²) in [4.78, 5) is 8.54. The largest absolute Gasteiger partial charge is 0.384 e. The first-order valence-electron chi connectivity index (χ1n) is 7.29. The fourth-order valence-electron chi connectivity index (χ4n) is 2.64. The van der Waals surface area contributed by atoms with Crippen molar-refractivity contribution in [3.63, 3.8) is 0 Å². The lowest BCUT2D eigenvalue weighted by Gasteiger charge is -2.00. The number of aromatic amines is 1. The minimum Gasteiger partial charge on any atom is -0.384 e. The van der Waals surface area contributed by atoms with Crippen LogP contribution >= 0.6 is 0 Å². The van der Waals surface area contributed by atoms with Gasteiger partial charge in [0.25, 0.3) is 0 Å². The maximum absolute atomic E-state index is 5.85. The number of hydrogen-bond donors (Lipinski definition) is 2. The lowest BCUT2D eigenvalue weighted by atomic mass is 10.1. The van der Waals surface area contributed by atoms with Gasteiger partial charge in [-0.3, -0.25) is 0 Å². The number of nitrogens with two attached hydrogens (primary N) is 1. The van der Waals surface area contributed by atoms with Gasteiger partial charge in [0.15, 0.2) is 12.2 Å². The smallest absolute Gasteiger partial charge is 0.248 e. The van der Waals surface area contributed by atoms with Crippen LogP contribution in [0.3, 0.4) is 0 Å². The molecule has 21 heavy (non-hydrogen) atoms. The molecule has 0 bridgehead atoms. The first-order chi connectivity index (χ1) is 10.2. The van der Waals surface area contributed by atoms with Crippen molar-refractivity contribution in [3.8, 4) is 11.3 Å². The summed E-state index contributed by atoms with van der Waals surface area (Å²) in [7, 11) is 0. The summed E-state index contributed by atoms with van der Waals surface area (Å²) in [6.45, 7) is 5.23. The Morgan fingerprint density at radius 2 is 2.05 bits per heavy atom. The molecule has 5 heteroatoms. The molecule has 0 saturated heterocycles. The van der Waals surface area contributed by atoms with Crippen LogP contribution in [0.4, 0.5) is 5.82 Å². The molecule has 3 heterocycles. The van der Waals surface area contributed by atoms with Crippen molar-refractivity contribution in [2.24, 2.45) is 0 Å². The summed E-state index contributed by atoms with van der Waals surface area (Å²) in [5.41, 5.74) is 10.2.